The molecule has 0 spiro atoms. The molecule has 0 radical (unpaired) electrons. The maximum atomic E-state index is 14.1. The van der Waals surface area contributed by atoms with Crippen LogP contribution in [0.3, 0.4) is 0 Å². The number of anilines is 3. The Morgan fingerprint density at radius 3 is 1.06 bits per heavy atom. The Morgan fingerprint density at radius 2 is 0.839 bits per heavy atom. The van der Waals surface area contributed by atoms with E-state index in [0.717, 1.165) is 0 Å². The van der Waals surface area contributed by atoms with E-state index in [1.54, 1.807) is 86.6 Å². The molecule has 0 saturated carbocycles. The van der Waals surface area contributed by atoms with E-state index in [1.165, 1.54) is 0 Å². The van der Waals surface area contributed by atoms with Crippen LogP contribution in [0.5, 0.6) is 0 Å². The van der Waals surface area contributed by atoms with Gasteiger partial charge in [0.1, 0.15) is 0 Å². The molecule has 0 aliphatic carbocycles. The van der Waals surface area contributed by atoms with Crippen molar-refractivity contribution in [3.8, 4) is 0 Å². The van der Waals surface area contributed by atoms with Crippen molar-refractivity contribution < 1.29 is 31.0 Å². The molecule has 0 aromatic heterocycles. The second-order valence-electron chi connectivity index (χ2n) is 7.71. The van der Waals surface area contributed by atoms with Gasteiger partial charge in [-0.05, 0) is 0 Å². The average molecular weight is 451 g/mol. The van der Waals surface area contributed by atoms with Crippen LogP contribution in [-0.2, 0) is 16.6 Å². The Bertz CT molecular complexity index is 1030. The van der Waals surface area contributed by atoms with Crippen LogP contribution in [-0.4, -0.2) is 12.3 Å². The number of carbonyl (C=O) groups excluding carboxylic acids is 3. The molecule has 0 atom stereocenters. The number of nitrogen functional groups attached to an aromatic ring is 3. The van der Waals surface area contributed by atoms with Gasteiger partial charge in [0.15, 0.2) is 0 Å². The quantitative estimate of drug-likeness (QED) is 0.364. The molecule has 0 heterocycles. The molecule has 0 fully saturated rings. The van der Waals surface area contributed by atoms with Crippen LogP contribution in [0, 0.1) is 0 Å². The van der Waals surface area contributed by atoms with Gasteiger partial charge in [-0.1, -0.05) is 0 Å². The zero-order valence-corrected chi connectivity index (χ0v) is 19.0. The fraction of sp³-hybridized carbons (Fsp3) is 0.125. The van der Waals surface area contributed by atoms with Gasteiger partial charge in [0.25, 0.3) is 0 Å². The zero-order chi connectivity index (χ0) is 22.8. The summed E-state index contributed by atoms with van der Waals surface area (Å²) in [7, 11) is 0. The number of carbonyl (C=O) groups is 3. The Kier molecular flexibility index (Phi) is 6.44. The molecule has 0 unspecified atom stereocenters. The first-order chi connectivity index (χ1) is 14.7. The summed E-state index contributed by atoms with van der Waals surface area (Å²) in [6.45, 7) is 3.48. The number of hydrogen-bond acceptors (Lipinski definition) is 6. The van der Waals surface area contributed by atoms with Crippen LogP contribution in [0.25, 0.3) is 0 Å². The summed E-state index contributed by atoms with van der Waals surface area (Å²) in [4.78, 5) is 42.2. The molecule has 3 aromatic rings. The van der Waals surface area contributed by atoms with Crippen molar-refractivity contribution in [3.05, 3.63) is 89.5 Å². The Hall–Kier alpha value is -3.22. The molecule has 3 rings (SSSR count). The van der Waals surface area contributed by atoms with Crippen molar-refractivity contribution in [1.82, 2.24) is 0 Å². The minimum absolute atomic E-state index is 0.182. The molecule has 7 heteroatoms. The van der Waals surface area contributed by atoms with Crippen LogP contribution in [0.2, 0.25) is 4.22 Å². The molecule has 0 aliphatic rings. The third-order valence-electron chi connectivity index (χ3n) is 5.56. The first-order valence-corrected chi connectivity index (χ1v) is 13.1. The molecular formula is C24H25N3O3Ti. The molecule has 0 bridgehead atoms. The zero-order valence-electron chi connectivity index (χ0n) is 17.5. The molecule has 6 nitrogen and oxygen atoms in total. The molecule has 6 N–H and O–H groups in total. The van der Waals surface area contributed by atoms with Gasteiger partial charge in [-0.25, -0.2) is 0 Å². The number of para-hydroxylation sites is 3. The van der Waals surface area contributed by atoms with Crippen molar-refractivity contribution in [2.24, 2.45) is 0 Å². The Balaban J connectivity index is 2.36. The van der Waals surface area contributed by atoms with Crippen LogP contribution in [0.15, 0.2) is 72.8 Å². The monoisotopic (exact) mass is 451 g/mol. The first kappa shape index (κ1) is 22.5. The van der Waals surface area contributed by atoms with E-state index < -0.39 is 33.1 Å². The number of hydrogen-bond donors (Lipinski definition) is 3. The third-order valence-corrected chi connectivity index (χ3v) is 12.9. The van der Waals surface area contributed by atoms with Gasteiger partial charge < -0.3 is 0 Å². The molecule has 158 valence electrons. The van der Waals surface area contributed by atoms with Crippen molar-refractivity contribution in [3.63, 3.8) is 0 Å². The van der Waals surface area contributed by atoms with E-state index in [9.17, 15) is 14.4 Å². The normalized spacial score (nSPS) is 11.3. The van der Waals surface area contributed by atoms with Gasteiger partial charge in [-0.15, -0.1) is 0 Å². The molecule has 3 aromatic carbocycles. The van der Waals surface area contributed by atoms with E-state index in [2.05, 4.69) is 0 Å². The van der Waals surface area contributed by atoms with Crippen molar-refractivity contribution in [2.45, 2.75) is 18.1 Å². The summed E-state index contributed by atoms with van der Waals surface area (Å²) >= 11 is -4.88. The topological polar surface area (TPSA) is 129 Å². The van der Waals surface area contributed by atoms with Gasteiger partial charge in [0, 0.05) is 0 Å². The van der Waals surface area contributed by atoms with Crippen LogP contribution < -0.4 is 17.2 Å². The van der Waals surface area contributed by atoms with Gasteiger partial charge in [-0.3, -0.25) is 0 Å². The molecule has 31 heavy (non-hydrogen) atoms. The van der Waals surface area contributed by atoms with Crippen molar-refractivity contribution in [1.29, 1.82) is 0 Å². The summed E-state index contributed by atoms with van der Waals surface area (Å²) in [6, 6.07) is 19.5. The van der Waals surface area contributed by atoms with Crippen LogP contribution in [0.4, 0.5) is 17.1 Å². The SMILES string of the molecule is C[CH](C)[Ti]([C](=O)c1ccccc1N)([C](=O)c1ccccc1N)[C](=O)c1ccccc1N. The second kappa shape index (κ2) is 8.88. The van der Waals surface area contributed by atoms with E-state index >= 15 is 0 Å². The van der Waals surface area contributed by atoms with Gasteiger partial charge in [0.05, 0.1) is 0 Å². The van der Waals surface area contributed by atoms with E-state index in [1.807, 2.05) is 0 Å². The van der Waals surface area contributed by atoms with Crippen molar-refractivity contribution in [2.75, 3.05) is 17.2 Å². The van der Waals surface area contributed by atoms with E-state index in [4.69, 9.17) is 17.2 Å². The Morgan fingerprint density at radius 1 is 0.581 bits per heavy atom. The summed E-state index contributed by atoms with van der Waals surface area (Å²) in [5, 5.41) is 0. The predicted octanol–water partition coefficient (Wildman–Crippen LogP) is 4.24. The van der Waals surface area contributed by atoms with Crippen molar-refractivity contribution >= 4 is 29.3 Å². The van der Waals surface area contributed by atoms with E-state index in [-0.39, 0.29) is 33.8 Å². The standard InChI is InChI=1S/3C7H6NO.C3H7.Ti/c3*8-7-4-2-1-3-6(7)5-9;1-3-2;/h3*1-4H,8H2;3H,1-2H3;. The molecule has 0 amide bonds. The number of benzene rings is 3. The predicted molar refractivity (Wildman–Crippen MR) is 121 cm³/mol. The molecule has 0 saturated heterocycles. The maximum absolute atomic E-state index is 14.1. The van der Waals surface area contributed by atoms with Gasteiger partial charge >= 0.3 is 185 Å². The minimum atomic E-state index is -4.88. The molecular weight excluding hydrogens is 426 g/mol. The van der Waals surface area contributed by atoms with Gasteiger partial charge in [-0.2, -0.15) is 0 Å². The fourth-order valence-electron chi connectivity index (χ4n) is 3.84. The number of nitrogens with two attached hydrogens (primary N) is 3. The average Bonchev–Trinajstić information content (AvgIpc) is 2.74. The summed E-state index contributed by atoms with van der Waals surface area (Å²) < 4.78 is -2.00. The summed E-state index contributed by atoms with van der Waals surface area (Å²) in [5.41, 5.74) is 19.5. The van der Waals surface area contributed by atoms with Crippen LogP contribution in [0.1, 0.15) is 44.9 Å². The van der Waals surface area contributed by atoms with Crippen LogP contribution >= 0.6 is 0 Å². The third kappa shape index (κ3) is 3.80. The van der Waals surface area contributed by atoms with Gasteiger partial charge in [0.2, 0.25) is 0 Å². The number of rotatable bonds is 7. The molecule has 0 aliphatic heterocycles. The van der Waals surface area contributed by atoms with E-state index in [0.29, 0.717) is 0 Å². The first-order valence-electron chi connectivity index (χ1n) is 9.90. The second-order valence-corrected chi connectivity index (χ2v) is 14.2. The summed E-state index contributed by atoms with van der Waals surface area (Å²) in [5.74, 6) is 0. The Labute approximate surface area is 184 Å². The summed E-state index contributed by atoms with van der Waals surface area (Å²) in [6.07, 6.45) is 0. The fourth-order valence-corrected chi connectivity index (χ4v) is 10.3.